The fraction of sp³-hybridized carbons (Fsp3) is 0.366. The fourth-order valence-electron chi connectivity index (χ4n) is 6.72. The molecule has 2 heterocycles. The summed E-state index contributed by atoms with van der Waals surface area (Å²) in [5.41, 5.74) is 8.27. The van der Waals surface area contributed by atoms with Crippen LogP contribution in [0.5, 0.6) is 11.5 Å². The first-order valence-electron chi connectivity index (χ1n) is 17.7. The van der Waals surface area contributed by atoms with Crippen LogP contribution in [-0.2, 0) is 45.1 Å². The highest BCUT2D eigenvalue weighted by atomic mass is 16.7. The summed E-state index contributed by atoms with van der Waals surface area (Å²) in [5, 5.41) is 14.9. The van der Waals surface area contributed by atoms with Gasteiger partial charge >= 0.3 is 12.0 Å². The van der Waals surface area contributed by atoms with Crippen molar-refractivity contribution in [2.45, 2.75) is 58.0 Å². The number of methoxy groups -OCH3 is 2. The maximum atomic E-state index is 12.2. The third kappa shape index (κ3) is 9.29. The lowest BCUT2D eigenvalue weighted by Crippen LogP contribution is -2.41. The molecule has 6 rings (SSSR count). The molecule has 0 spiro atoms. The Morgan fingerprint density at radius 2 is 1.58 bits per heavy atom. The van der Waals surface area contributed by atoms with E-state index in [9.17, 15) is 14.7 Å². The lowest BCUT2D eigenvalue weighted by atomic mass is 9.96. The van der Waals surface area contributed by atoms with E-state index >= 15 is 0 Å². The number of urea groups is 1. The molecule has 11 heteroatoms. The second-order valence-electron chi connectivity index (χ2n) is 13.0. The van der Waals surface area contributed by atoms with Crippen LogP contribution >= 0.6 is 0 Å². The van der Waals surface area contributed by atoms with Crippen molar-refractivity contribution in [2.75, 3.05) is 40.5 Å². The SMILES string of the molecule is CCOC(=O)CNC(=O)NCc1cccc(-c2ccc(C3OC(CN4CCc5cc(OC)c(OC)cc5C4)CC(c4ccc(CO)cc4)O3)cc2)c1. The Kier molecular flexibility index (Phi) is 12.4. The van der Waals surface area contributed by atoms with Crippen LogP contribution in [0.1, 0.15) is 59.1 Å². The predicted octanol–water partition coefficient (Wildman–Crippen LogP) is 5.83. The summed E-state index contributed by atoms with van der Waals surface area (Å²) in [5.74, 6) is 1.01. The van der Waals surface area contributed by atoms with Crippen LogP contribution in [0.4, 0.5) is 4.79 Å². The summed E-state index contributed by atoms with van der Waals surface area (Å²) in [6.07, 6.45) is 0.776. The van der Waals surface area contributed by atoms with Gasteiger partial charge in [0, 0.05) is 38.2 Å². The van der Waals surface area contributed by atoms with Gasteiger partial charge in [-0.3, -0.25) is 9.69 Å². The van der Waals surface area contributed by atoms with E-state index in [0.717, 1.165) is 70.9 Å². The van der Waals surface area contributed by atoms with Gasteiger partial charge in [-0.25, -0.2) is 4.79 Å². The lowest BCUT2D eigenvalue weighted by Gasteiger charge is -2.39. The number of ether oxygens (including phenoxy) is 5. The highest BCUT2D eigenvalue weighted by Crippen LogP contribution is 2.40. The largest absolute Gasteiger partial charge is 0.493 e. The molecule has 0 bridgehead atoms. The van der Waals surface area contributed by atoms with Crippen molar-refractivity contribution in [3.05, 3.63) is 118 Å². The van der Waals surface area contributed by atoms with Gasteiger partial charge in [-0.1, -0.05) is 66.7 Å². The molecule has 2 aliphatic rings. The molecule has 4 aromatic rings. The summed E-state index contributed by atoms with van der Waals surface area (Å²) in [7, 11) is 3.33. The lowest BCUT2D eigenvalue weighted by molar-refractivity contribution is -0.253. The number of aliphatic hydroxyl groups excluding tert-OH is 1. The second kappa shape index (κ2) is 17.5. The second-order valence-corrected chi connectivity index (χ2v) is 13.0. The van der Waals surface area contributed by atoms with E-state index in [-0.39, 0.29) is 32.0 Å². The van der Waals surface area contributed by atoms with Crippen LogP contribution < -0.4 is 20.1 Å². The molecule has 4 aromatic carbocycles. The summed E-state index contributed by atoms with van der Waals surface area (Å²) < 4.78 is 29.3. The molecule has 1 saturated heterocycles. The normalized spacial score (nSPS) is 18.6. The van der Waals surface area contributed by atoms with Crippen molar-refractivity contribution in [1.29, 1.82) is 0 Å². The maximum absolute atomic E-state index is 12.2. The Hall–Kier alpha value is -4.94. The van der Waals surface area contributed by atoms with Crippen LogP contribution in [0.2, 0.25) is 0 Å². The maximum Gasteiger partial charge on any atom is 0.325 e. The van der Waals surface area contributed by atoms with Gasteiger partial charge in [0.1, 0.15) is 6.54 Å². The average Bonchev–Trinajstić information content (AvgIpc) is 3.19. The molecule has 2 aliphatic heterocycles. The zero-order valence-electron chi connectivity index (χ0n) is 29.9. The van der Waals surface area contributed by atoms with Gasteiger partial charge in [-0.05, 0) is 70.5 Å². The van der Waals surface area contributed by atoms with E-state index in [1.165, 1.54) is 11.1 Å². The van der Waals surface area contributed by atoms with Gasteiger partial charge in [0.15, 0.2) is 17.8 Å². The molecular formula is C41H47N3O8. The minimum atomic E-state index is -0.569. The van der Waals surface area contributed by atoms with Crippen molar-refractivity contribution in [2.24, 2.45) is 0 Å². The Bertz CT molecular complexity index is 1810. The highest BCUT2D eigenvalue weighted by molar-refractivity contribution is 5.80. The van der Waals surface area contributed by atoms with Crippen molar-refractivity contribution in [1.82, 2.24) is 15.5 Å². The number of amides is 2. The summed E-state index contributed by atoms with van der Waals surface area (Å²) in [4.78, 5) is 26.1. The number of nitrogens with one attached hydrogen (secondary N) is 2. The molecule has 11 nitrogen and oxygen atoms in total. The number of benzene rings is 4. The summed E-state index contributed by atoms with van der Waals surface area (Å²) in [6.45, 7) is 4.54. The molecule has 3 N–H and O–H groups in total. The molecule has 0 aromatic heterocycles. The topological polar surface area (TPSA) is 128 Å². The number of hydrogen-bond acceptors (Lipinski definition) is 9. The Balaban J connectivity index is 1.14. The molecule has 0 saturated carbocycles. The third-order valence-electron chi connectivity index (χ3n) is 9.47. The molecule has 3 atom stereocenters. The monoisotopic (exact) mass is 709 g/mol. The smallest absolute Gasteiger partial charge is 0.325 e. The van der Waals surface area contributed by atoms with Crippen LogP contribution in [0, 0.1) is 0 Å². The number of nitrogens with zero attached hydrogens (tertiary/aromatic N) is 1. The summed E-state index contributed by atoms with van der Waals surface area (Å²) >= 11 is 0. The fourth-order valence-corrected chi connectivity index (χ4v) is 6.72. The number of carbonyl (C=O) groups is 2. The first-order chi connectivity index (χ1) is 25.3. The van der Waals surface area contributed by atoms with E-state index in [1.807, 2.05) is 60.7 Å². The predicted molar refractivity (Wildman–Crippen MR) is 196 cm³/mol. The number of fused-ring (bicyclic) bond motifs is 1. The van der Waals surface area contributed by atoms with E-state index in [2.05, 4.69) is 39.8 Å². The van der Waals surface area contributed by atoms with Crippen molar-refractivity contribution in [3.8, 4) is 22.6 Å². The van der Waals surface area contributed by atoms with Crippen LogP contribution in [0.3, 0.4) is 0 Å². The van der Waals surface area contributed by atoms with E-state index < -0.39 is 18.3 Å². The molecule has 1 fully saturated rings. The van der Waals surface area contributed by atoms with Gasteiger partial charge in [0.25, 0.3) is 0 Å². The quantitative estimate of drug-likeness (QED) is 0.147. The minimum Gasteiger partial charge on any atom is -0.493 e. The van der Waals surface area contributed by atoms with Crippen LogP contribution in [0.25, 0.3) is 11.1 Å². The molecule has 3 unspecified atom stereocenters. The summed E-state index contributed by atoms with van der Waals surface area (Å²) in [6, 6.07) is 27.8. The van der Waals surface area contributed by atoms with Gasteiger partial charge in [-0.2, -0.15) is 0 Å². The minimum absolute atomic E-state index is 0.00845. The molecular weight excluding hydrogens is 662 g/mol. The molecule has 274 valence electrons. The number of carbonyl (C=O) groups excluding carboxylic acids is 2. The Labute approximate surface area is 304 Å². The Morgan fingerprint density at radius 3 is 2.29 bits per heavy atom. The number of rotatable bonds is 13. The first kappa shape index (κ1) is 36.8. The van der Waals surface area contributed by atoms with Gasteiger partial charge in [0.05, 0.1) is 39.6 Å². The zero-order valence-corrected chi connectivity index (χ0v) is 29.9. The molecule has 52 heavy (non-hydrogen) atoms. The van der Waals surface area contributed by atoms with Gasteiger partial charge in [0.2, 0.25) is 0 Å². The van der Waals surface area contributed by atoms with Gasteiger partial charge < -0.3 is 39.4 Å². The van der Waals surface area contributed by atoms with Gasteiger partial charge in [-0.15, -0.1) is 0 Å². The third-order valence-corrected chi connectivity index (χ3v) is 9.47. The van der Waals surface area contributed by atoms with Crippen molar-refractivity contribution in [3.63, 3.8) is 0 Å². The van der Waals surface area contributed by atoms with Crippen LogP contribution in [0.15, 0.2) is 84.9 Å². The zero-order chi connectivity index (χ0) is 36.5. The number of esters is 1. The number of hydrogen-bond donors (Lipinski definition) is 3. The molecule has 0 radical (unpaired) electrons. The Morgan fingerprint density at radius 1 is 0.846 bits per heavy atom. The van der Waals surface area contributed by atoms with E-state index in [1.54, 1.807) is 21.1 Å². The van der Waals surface area contributed by atoms with E-state index in [0.29, 0.717) is 13.0 Å². The molecule has 2 amide bonds. The number of aliphatic hydroxyl groups is 1. The van der Waals surface area contributed by atoms with Crippen molar-refractivity contribution < 1.29 is 38.4 Å². The first-order valence-corrected chi connectivity index (χ1v) is 17.7. The van der Waals surface area contributed by atoms with Crippen molar-refractivity contribution >= 4 is 12.0 Å². The van der Waals surface area contributed by atoms with E-state index in [4.69, 9.17) is 23.7 Å². The standard InChI is InChI=1S/C41H47N3O8/c1-4-50-39(46)23-43-41(47)42-22-28-6-5-7-32(18-28)29-12-14-31(15-13-29)40-51-35(21-36(52-40)30-10-8-27(26-45)9-11-30)25-44-17-16-33-19-37(48-2)38(49-3)20-34(33)24-44/h5-15,18-20,35-36,40,45H,4,16-17,21-26H2,1-3H3,(H2,42,43,47). The molecule has 0 aliphatic carbocycles. The van der Waals surface area contributed by atoms with Crippen LogP contribution in [-0.4, -0.2) is 68.6 Å². The highest BCUT2D eigenvalue weighted by Gasteiger charge is 2.34. The average molecular weight is 710 g/mol.